The number of thiocarbonyl (C=S) groups is 1. The third-order valence-corrected chi connectivity index (χ3v) is 4.91. The van der Waals surface area contributed by atoms with Crippen LogP contribution < -0.4 is 15.4 Å². The van der Waals surface area contributed by atoms with Gasteiger partial charge in [-0.2, -0.15) is 0 Å². The highest BCUT2D eigenvalue weighted by atomic mass is 32.1. The maximum Gasteiger partial charge on any atom is 0.175 e. The Morgan fingerprint density at radius 3 is 2.48 bits per heavy atom. The minimum absolute atomic E-state index is 0.526. The van der Waals surface area contributed by atoms with Crippen molar-refractivity contribution in [3.05, 3.63) is 66.7 Å². The lowest BCUT2D eigenvalue weighted by Gasteiger charge is -2.13. The molecule has 0 fully saturated rings. The topological polar surface area (TPSA) is 38.2 Å². The van der Waals surface area contributed by atoms with Crippen LogP contribution in [0.2, 0.25) is 0 Å². The number of aromatic nitrogens is 1. The number of hydrogen-bond acceptors (Lipinski definition) is 2. The summed E-state index contributed by atoms with van der Waals surface area (Å²) < 4.78 is 7.70. The second kappa shape index (κ2) is 7.29. The van der Waals surface area contributed by atoms with Gasteiger partial charge in [0.05, 0.1) is 12.8 Å². The van der Waals surface area contributed by atoms with E-state index in [1.165, 1.54) is 21.8 Å². The minimum Gasteiger partial charge on any atom is -0.495 e. The summed E-state index contributed by atoms with van der Waals surface area (Å²) >= 11 is 5.49. The van der Waals surface area contributed by atoms with Crippen molar-refractivity contribution < 1.29 is 4.74 Å². The predicted octanol–water partition coefficient (Wildman–Crippen LogP) is 5.63. The molecule has 4 aromatic rings. The van der Waals surface area contributed by atoms with E-state index in [4.69, 9.17) is 17.0 Å². The van der Waals surface area contributed by atoms with E-state index < -0.39 is 0 Å². The first-order chi connectivity index (χ1) is 13.2. The molecule has 0 atom stereocenters. The van der Waals surface area contributed by atoms with Crippen molar-refractivity contribution in [3.8, 4) is 5.75 Å². The van der Waals surface area contributed by atoms with E-state index in [2.05, 4.69) is 64.6 Å². The van der Waals surface area contributed by atoms with Crippen LogP contribution in [0, 0.1) is 0 Å². The zero-order chi connectivity index (χ0) is 18.8. The van der Waals surface area contributed by atoms with Gasteiger partial charge in [0.1, 0.15) is 5.75 Å². The molecule has 0 amide bonds. The molecule has 0 saturated carbocycles. The summed E-state index contributed by atoms with van der Waals surface area (Å²) in [6.45, 7) is 3.11. The first kappa shape index (κ1) is 17.4. The van der Waals surface area contributed by atoms with Crippen molar-refractivity contribution in [2.75, 3.05) is 17.7 Å². The van der Waals surface area contributed by atoms with Gasteiger partial charge < -0.3 is 19.9 Å². The third-order valence-electron chi connectivity index (χ3n) is 4.70. The number of fused-ring (bicyclic) bond motifs is 3. The van der Waals surface area contributed by atoms with Gasteiger partial charge in [-0.05, 0) is 55.5 Å². The Bertz CT molecular complexity index is 1130. The molecule has 0 aliphatic heterocycles. The number of methoxy groups -OCH3 is 1. The van der Waals surface area contributed by atoms with Crippen molar-refractivity contribution in [3.63, 3.8) is 0 Å². The summed E-state index contributed by atoms with van der Waals surface area (Å²) in [6, 6.07) is 22.6. The number of nitrogens with zero attached hydrogens (tertiary/aromatic N) is 1. The Morgan fingerprint density at radius 2 is 1.67 bits per heavy atom. The fourth-order valence-corrected chi connectivity index (χ4v) is 3.73. The highest BCUT2D eigenvalue weighted by Crippen LogP contribution is 2.31. The van der Waals surface area contributed by atoms with Crippen LogP contribution in [-0.4, -0.2) is 16.8 Å². The van der Waals surface area contributed by atoms with Crippen LogP contribution in [0.4, 0.5) is 11.4 Å². The summed E-state index contributed by atoms with van der Waals surface area (Å²) in [7, 11) is 1.65. The van der Waals surface area contributed by atoms with E-state index in [-0.39, 0.29) is 0 Å². The molecule has 0 unspecified atom stereocenters. The monoisotopic (exact) mass is 375 g/mol. The van der Waals surface area contributed by atoms with Gasteiger partial charge in [0, 0.05) is 34.0 Å². The molecule has 0 aliphatic carbocycles. The van der Waals surface area contributed by atoms with Crippen LogP contribution in [0.1, 0.15) is 6.92 Å². The van der Waals surface area contributed by atoms with Gasteiger partial charge in [-0.1, -0.05) is 30.3 Å². The van der Waals surface area contributed by atoms with Gasteiger partial charge >= 0.3 is 0 Å². The molecule has 4 nitrogen and oxygen atoms in total. The lowest BCUT2D eigenvalue weighted by atomic mass is 10.1. The van der Waals surface area contributed by atoms with Crippen LogP contribution in [0.3, 0.4) is 0 Å². The summed E-state index contributed by atoms with van der Waals surface area (Å²) in [5, 5.41) is 9.48. The number of para-hydroxylation sites is 3. The third kappa shape index (κ3) is 3.22. The van der Waals surface area contributed by atoms with Crippen molar-refractivity contribution in [1.82, 2.24) is 4.57 Å². The van der Waals surface area contributed by atoms with Crippen LogP contribution in [-0.2, 0) is 6.54 Å². The summed E-state index contributed by atoms with van der Waals surface area (Å²) in [6.07, 6.45) is 0. The maximum absolute atomic E-state index is 5.49. The number of rotatable bonds is 4. The van der Waals surface area contributed by atoms with E-state index in [0.29, 0.717) is 5.11 Å². The number of anilines is 2. The fraction of sp³-hybridized carbons (Fsp3) is 0.136. The van der Waals surface area contributed by atoms with Gasteiger partial charge in [-0.15, -0.1) is 0 Å². The van der Waals surface area contributed by atoms with Gasteiger partial charge in [0.25, 0.3) is 0 Å². The van der Waals surface area contributed by atoms with Crippen LogP contribution in [0.25, 0.3) is 21.8 Å². The number of aryl methyl sites for hydroxylation is 1. The molecule has 1 aromatic heterocycles. The molecule has 0 bridgehead atoms. The molecule has 0 radical (unpaired) electrons. The molecule has 5 heteroatoms. The van der Waals surface area contributed by atoms with Crippen molar-refractivity contribution >= 4 is 50.5 Å². The molecule has 0 saturated heterocycles. The van der Waals surface area contributed by atoms with E-state index >= 15 is 0 Å². The Kier molecular flexibility index (Phi) is 4.69. The molecule has 3 aromatic carbocycles. The number of ether oxygens (including phenoxy) is 1. The molecule has 0 aliphatic rings. The average Bonchev–Trinajstić information content (AvgIpc) is 3.01. The molecular formula is C22H21N3OS. The number of hydrogen-bond donors (Lipinski definition) is 2. The molecule has 4 rings (SSSR count). The summed E-state index contributed by atoms with van der Waals surface area (Å²) in [4.78, 5) is 0. The minimum atomic E-state index is 0.526. The second-order valence-electron chi connectivity index (χ2n) is 6.27. The second-order valence-corrected chi connectivity index (χ2v) is 6.68. The van der Waals surface area contributed by atoms with Gasteiger partial charge in [0.15, 0.2) is 5.11 Å². The highest BCUT2D eigenvalue weighted by Gasteiger charge is 2.10. The Morgan fingerprint density at radius 1 is 0.926 bits per heavy atom. The Balaban J connectivity index is 1.64. The Labute approximate surface area is 163 Å². The van der Waals surface area contributed by atoms with Crippen LogP contribution >= 0.6 is 12.2 Å². The standard InChI is InChI=1S/C22H21N3OS/c1-3-25-19-10-6-4-8-16(19)17-14-15(12-13-20(17)25)23-22(27)24-18-9-5-7-11-21(18)26-2/h4-14H,3H2,1-2H3,(H2,23,24,27). The van der Waals surface area contributed by atoms with Crippen LogP contribution in [0.5, 0.6) is 5.75 Å². The largest absolute Gasteiger partial charge is 0.495 e. The van der Waals surface area contributed by atoms with Crippen molar-refractivity contribution in [2.45, 2.75) is 13.5 Å². The Hall–Kier alpha value is -3.05. The predicted molar refractivity (Wildman–Crippen MR) is 118 cm³/mol. The zero-order valence-electron chi connectivity index (χ0n) is 15.3. The van der Waals surface area contributed by atoms with Gasteiger partial charge in [0.2, 0.25) is 0 Å². The quantitative estimate of drug-likeness (QED) is 0.453. The van der Waals surface area contributed by atoms with Crippen molar-refractivity contribution in [1.29, 1.82) is 0 Å². The first-order valence-corrected chi connectivity index (χ1v) is 9.34. The lowest BCUT2D eigenvalue weighted by Crippen LogP contribution is -2.19. The molecule has 136 valence electrons. The molecule has 27 heavy (non-hydrogen) atoms. The fourth-order valence-electron chi connectivity index (χ4n) is 3.50. The SMILES string of the molecule is CCn1c2ccccc2c2cc(NC(=S)Nc3ccccc3OC)ccc21. The van der Waals surface area contributed by atoms with E-state index in [0.717, 1.165) is 23.7 Å². The summed E-state index contributed by atoms with van der Waals surface area (Å²) in [5.74, 6) is 0.753. The number of benzene rings is 3. The highest BCUT2D eigenvalue weighted by molar-refractivity contribution is 7.80. The lowest BCUT2D eigenvalue weighted by molar-refractivity contribution is 0.417. The zero-order valence-corrected chi connectivity index (χ0v) is 16.1. The molecule has 2 N–H and O–H groups in total. The van der Waals surface area contributed by atoms with Crippen molar-refractivity contribution in [2.24, 2.45) is 0 Å². The number of nitrogens with one attached hydrogen (secondary N) is 2. The van der Waals surface area contributed by atoms with E-state index in [9.17, 15) is 0 Å². The molecule has 0 spiro atoms. The molecule has 1 heterocycles. The molecular weight excluding hydrogens is 354 g/mol. The smallest absolute Gasteiger partial charge is 0.175 e. The maximum atomic E-state index is 5.49. The van der Waals surface area contributed by atoms with Gasteiger partial charge in [-0.3, -0.25) is 0 Å². The first-order valence-electron chi connectivity index (χ1n) is 8.93. The van der Waals surface area contributed by atoms with Gasteiger partial charge in [-0.25, -0.2) is 0 Å². The van der Waals surface area contributed by atoms with E-state index in [1.807, 2.05) is 24.3 Å². The average molecular weight is 375 g/mol. The summed E-state index contributed by atoms with van der Waals surface area (Å²) in [5.41, 5.74) is 4.27. The van der Waals surface area contributed by atoms with E-state index in [1.54, 1.807) is 7.11 Å². The normalized spacial score (nSPS) is 10.9. The van der Waals surface area contributed by atoms with Crippen LogP contribution in [0.15, 0.2) is 66.7 Å².